The van der Waals surface area contributed by atoms with E-state index in [0.29, 0.717) is 5.82 Å². The summed E-state index contributed by atoms with van der Waals surface area (Å²) >= 11 is 6.94. The third kappa shape index (κ3) is 2.90. The van der Waals surface area contributed by atoms with Crippen LogP contribution in [-0.2, 0) is 0 Å². The molecule has 2 rings (SSSR count). The van der Waals surface area contributed by atoms with Crippen LogP contribution in [0.3, 0.4) is 0 Å². The molecule has 6 heteroatoms. The Hall–Kier alpha value is -1.14. The van der Waals surface area contributed by atoms with Crippen LogP contribution in [0.2, 0.25) is 0 Å². The molecular formula is C13H13Br2N3O. The summed E-state index contributed by atoms with van der Waals surface area (Å²) in [6.45, 7) is 1.94. The molecule has 0 amide bonds. The molecule has 0 bridgehead atoms. The Bertz CT molecular complexity index is 617. The first-order valence-electron chi connectivity index (χ1n) is 5.62. The predicted molar refractivity (Wildman–Crippen MR) is 83.7 cm³/mol. The van der Waals surface area contributed by atoms with Gasteiger partial charge in [-0.05, 0) is 57.0 Å². The van der Waals surface area contributed by atoms with Crippen molar-refractivity contribution in [3.8, 4) is 17.1 Å². The van der Waals surface area contributed by atoms with Crippen molar-refractivity contribution in [1.82, 2.24) is 9.97 Å². The zero-order valence-electron chi connectivity index (χ0n) is 10.8. The molecule has 1 N–H and O–H groups in total. The number of hydrogen-bond donors (Lipinski definition) is 1. The molecule has 0 atom stereocenters. The standard InChI is InChI=1S/C13H13Br2N3O/c1-7-11(15)13(16-2)18-12(17-7)8-4-5-10(19-3)9(14)6-8/h4-6H,1-3H3,(H,16,17,18). The molecule has 1 heterocycles. The second kappa shape index (κ2) is 5.88. The summed E-state index contributed by atoms with van der Waals surface area (Å²) in [6, 6.07) is 5.77. The van der Waals surface area contributed by atoms with E-state index in [-0.39, 0.29) is 0 Å². The van der Waals surface area contributed by atoms with Crippen molar-refractivity contribution in [2.45, 2.75) is 6.92 Å². The number of benzene rings is 1. The highest BCUT2D eigenvalue weighted by Crippen LogP contribution is 2.31. The lowest BCUT2D eigenvalue weighted by Gasteiger charge is -2.10. The molecule has 0 saturated carbocycles. The lowest BCUT2D eigenvalue weighted by atomic mass is 10.2. The molecule has 100 valence electrons. The van der Waals surface area contributed by atoms with Gasteiger partial charge in [0.15, 0.2) is 5.82 Å². The molecule has 1 aromatic heterocycles. The minimum Gasteiger partial charge on any atom is -0.496 e. The molecule has 0 unspecified atom stereocenters. The summed E-state index contributed by atoms with van der Waals surface area (Å²) in [5.41, 5.74) is 1.82. The predicted octanol–water partition coefficient (Wildman–Crippen LogP) is 4.03. The summed E-state index contributed by atoms with van der Waals surface area (Å²) < 4.78 is 6.97. The van der Waals surface area contributed by atoms with Crippen molar-refractivity contribution >= 4 is 37.7 Å². The molecule has 0 aliphatic rings. The minimum atomic E-state index is 0.674. The van der Waals surface area contributed by atoms with Gasteiger partial charge in [0.2, 0.25) is 0 Å². The highest BCUT2D eigenvalue weighted by molar-refractivity contribution is 9.11. The quantitative estimate of drug-likeness (QED) is 0.865. The average molecular weight is 387 g/mol. The fraction of sp³-hybridized carbons (Fsp3) is 0.231. The Morgan fingerprint density at radius 3 is 2.53 bits per heavy atom. The molecule has 0 saturated heterocycles. The first kappa shape index (κ1) is 14.3. The van der Waals surface area contributed by atoms with Crippen LogP contribution in [0.5, 0.6) is 5.75 Å². The second-order valence-electron chi connectivity index (χ2n) is 3.89. The van der Waals surface area contributed by atoms with Crippen molar-refractivity contribution in [2.75, 3.05) is 19.5 Å². The first-order valence-corrected chi connectivity index (χ1v) is 7.21. The van der Waals surface area contributed by atoms with E-state index in [1.165, 1.54) is 0 Å². The van der Waals surface area contributed by atoms with Gasteiger partial charge in [-0.1, -0.05) is 0 Å². The highest BCUT2D eigenvalue weighted by Gasteiger charge is 2.11. The van der Waals surface area contributed by atoms with E-state index in [4.69, 9.17) is 4.74 Å². The molecule has 0 fully saturated rings. The highest BCUT2D eigenvalue weighted by atomic mass is 79.9. The minimum absolute atomic E-state index is 0.674. The number of rotatable bonds is 3. The smallest absolute Gasteiger partial charge is 0.161 e. The fourth-order valence-electron chi connectivity index (χ4n) is 1.66. The van der Waals surface area contributed by atoms with Crippen LogP contribution in [0.15, 0.2) is 27.1 Å². The first-order chi connectivity index (χ1) is 9.06. The van der Waals surface area contributed by atoms with Gasteiger partial charge in [-0.25, -0.2) is 9.97 Å². The Morgan fingerprint density at radius 1 is 1.21 bits per heavy atom. The zero-order valence-corrected chi connectivity index (χ0v) is 14.0. The number of anilines is 1. The van der Waals surface area contributed by atoms with Crippen LogP contribution in [0.1, 0.15) is 5.69 Å². The Balaban J connectivity index is 2.53. The van der Waals surface area contributed by atoms with Gasteiger partial charge in [-0.15, -0.1) is 0 Å². The van der Waals surface area contributed by atoms with Crippen molar-refractivity contribution < 1.29 is 4.74 Å². The molecule has 0 spiro atoms. The molecule has 0 aliphatic heterocycles. The Morgan fingerprint density at radius 2 is 1.95 bits per heavy atom. The molecular weight excluding hydrogens is 374 g/mol. The Labute approximate surface area is 128 Å². The maximum atomic E-state index is 5.22. The number of aryl methyl sites for hydroxylation is 1. The van der Waals surface area contributed by atoms with Crippen molar-refractivity contribution in [2.24, 2.45) is 0 Å². The van der Waals surface area contributed by atoms with E-state index >= 15 is 0 Å². The number of nitrogens with zero attached hydrogens (tertiary/aromatic N) is 2. The fourth-order valence-corrected chi connectivity index (χ4v) is 2.58. The van der Waals surface area contributed by atoms with Crippen LogP contribution in [0, 0.1) is 6.92 Å². The molecule has 0 radical (unpaired) electrons. The SMILES string of the molecule is CNc1nc(-c2ccc(OC)c(Br)c2)nc(C)c1Br. The largest absolute Gasteiger partial charge is 0.496 e. The van der Waals surface area contributed by atoms with E-state index < -0.39 is 0 Å². The number of halogens is 2. The number of methoxy groups -OCH3 is 1. The van der Waals surface area contributed by atoms with Gasteiger partial charge in [0.05, 0.1) is 21.7 Å². The van der Waals surface area contributed by atoms with E-state index in [2.05, 4.69) is 47.1 Å². The average Bonchev–Trinajstić information content (AvgIpc) is 2.41. The van der Waals surface area contributed by atoms with Crippen LogP contribution in [-0.4, -0.2) is 24.1 Å². The molecule has 0 aliphatic carbocycles. The topological polar surface area (TPSA) is 47.0 Å². The van der Waals surface area contributed by atoms with Crippen molar-refractivity contribution in [3.63, 3.8) is 0 Å². The van der Waals surface area contributed by atoms with Crippen LogP contribution < -0.4 is 10.1 Å². The summed E-state index contributed by atoms with van der Waals surface area (Å²) in [6.07, 6.45) is 0. The number of aromatic nitrogens is 2. The van der Waals surface area contributed by atoms with Crippen LogP contribution in [0.4, 0.5) is 5.82 Å². The van der Waals surface area contributed by atoms with E-state index in [1.54, 1.807) is 7.11 Å². The van der Waals surface area contributed by atoms with Crippen LogP contribution in [0.25, 0.3) is 11.4 Å². The van der Waals surface area contributed by atoms with E-state index in [0.717, 1.165) is 31.8 Å². The number of hydrogen-bond acceptors (Lipinski definition) is 4. The van der Waals surface area contributed by atoms with Gasteiger partial charge in [-0.3, -0.25) is 0 Å². The van der Waals surface area contributed by atoms with Crippen LogP contribution >= 0.6 is 31.9 Å². The summed E-state index contributed by atoms with van der Waals surface area (Å²) in [7, 11) is 3.47. The molecule has 19 heavy (non-hydrogen) atoms. The Kier molecular flexibility index (Phi) is 4.42. The van der Waals surface area contributed by atoms with Gasteiger partial charge >= 0.3 is 0 Å². The number of ether oxygens (including phenoxy) is 1. The molecule has 1 aromatic carbocycles. The van der Waals surface area contributed by atoms with Gasteiger partial charge in [-0.2, -0.15) is 0 Å². The van der Waals surface area contributed by atoms with Gasteiger partial charge < -0.3 is 10.1 Å². The van der Waals surface area contributed by atoms with Gasteiger partial charge in [0, 0.05) is 12.6 Å². The van der Waals surface area contributed by atoms with E-state index in [1.807, 2.05) is 32.2 Å². The molecule has 2 aromatic rings. The van der Waals surface area contributed by atoms with Crippen molar-refractivity contribution in [1.29, 1.82) is 0 Å². The lowest BCUT2D eigenvalue weighted by Crippen LogP contribution is -2.00. The normalized spacial score (nSPS) is 10.4. The summed E-state index contributed by atoms with van der Waals surface area (Å²) in [5, 5.41) is 3.05. The third-order valence-electron chi connectivity index (χ3n) is 2.66. The lowest BCUT2D eigenvalue weighted by molar-refractivity contribution is 0.412. The maximum absolute atomic E-state index is 5.22. The zero-order chi connectivity index (χ0) is 14.0. The maximum Gasteiger partial charge on any atom is 0.161 e. The second-order valence-corrected chi connectivity index (χ2v) is 5.54. The molecule has 4 nitrogen and oxygen atoms in total. The summed E-state index contributed by atoms with van der Waals surface area (Å²) in [4.78, 5) is 8.98. The third-order valence-corrected chi connectivity index (χ3v) is 4.23. The van der Waals surface area contributed by atoms with Gasteiger partial charge in [0.1, 0.15) is 11.6 Å². The number of nitrogens with one attached hydrogen (secondary N) is 1. The summed E-state index contributed by atoms with van der Waals surface area (Å²) in [5.74, 6) is 2.23. The monoisotopic (exact) mass is 385 g/mol. The van der Waals surface area contributed by atoms with E-state index in [9.17, 15) is 0 Å². The van der Waals surface area contributed by atoms with Crippen molar-refractivity contribution in [3.05, 3.63) is 32.8 Å². The van der Waals surface area contributed by atoms with Gasteiger partial charge in [0.25, 0.3) is 0 Å².